The number of amides is 1. The highest BCUT2D eigenvalue weighted by Crippen LogP contribution is 2.47. The summed E-state index contributed by atoms with van der Waals surface area (Å²) in [5.74, 6) is -0.626. The maximum absolute atomic E-state index is 13.0. The highest BCUT2D eigenvalue weighted by molar-refractivity contribution is 7.47. The molecule has 60 heavy (non-hydrogen) atoms. The van der Waals surface area contributed by atoms with Crippen molar-refractivity contribution in [3.8, 4) is 0 Å². The fraction of sp³-hybridized carbons (Fsp3) is 0.891. The first kappa shape index (κ1) is 56.8. The lowest BCUT2D eigenvalue weighted by Crippen LogP contribution is -2.64. The molecule has 0 aromatic rings. The second kappa shape index (κ2) is 36.2. The van der Waals surface area contributed by atoms with E-state index in [-0.39, 0.29) is 12.8 Å². The van der Waals surface area contributed by atoms with E-state index in [1.807, 2.05) is 6.08 Å². The predicted molar refractivity (Wildman–Crippen MR) is 238 cm³/mol. The summed E-state index contributed by atoms with van der Waals surface area (Å²) in [5, 5.41) is 74.4. The molecule has 1 aliphatic carbocycles. The highest BCUT2D eigenvalue weighted by Gasteiger charge is 2.51. The molecule has 13 nitrogen and oxygen atoms in total. The van der Waals surface area contributed by atoms with Gasteiger partial charge in [0, 0.05) is 0 Å². The first-order valence-corrected chi connectivity index (χ1v) is 25.4. The van der Waals surface area contributed by atoms with E-state index < -0.39 is 75.2 Å². The Morgan fingerprint density at radius 3 is 1.48 bits per heavy atom. The number of aliphatic hydroxyl groups excluding tert-OH is 7. The fourth-order valence-corrected chi connectivity index (χ4v) is 8.62. The van der Waals surface area contributed by atoms with E-state index in [0.717, 1.165) is 38.5 Å². The summed E-state index contributed by atoms with van der Waals surface area (Å²) in [6, 6.07) is -1.18. The van der Waals surface area contributed by atoms with Crippen molar-refractivity contribution in [2.24, 2.45) is 0 Å². The molecular weight excluding hydrogens is 789 g/mol. The Labute approximate surface area is 363 Å². The zero-order chi connectivity index (χ0) is 44.4. The summed E-state index contributed by atoms with van der Waals surface area (Å²) in [7, 11) is -5.13. The first-order chi connectivity index (χ1) is 28.8. The van der Waals surface area contributed by atoms with Gasteiger partial charge < -0.3 is 46.0 Å². The Kier molecular flexibility index (Phi) is 34.2. The minimum absolute atomic E-state index is 0.258. The Bertz CT molecular complexity index is 1130. The normalized spacial score (nSPS) is 23.6. The van der Waals surface area contributed by atoms with Crippen molar-refractivity contribution in [3.05, 3.63) is 24.3 Å². The van der Waals surface area contributed by atoms with Gasteiger partial charge in [-0.15, -0.1) is 0 Å². The summed E-state index contributed by atoms with van der Waals surface area (Å²) in [6.07, 6.45) is 25.4. The van der Waals surface area contributed by atoms with Crippen molar-refractivity contribution in [1.82, 2.24) is 5.32 Å². The van der Waals surface area contributed by atoms with Crippen LogP contribution in [0.4, 0.5) is 0 Å². The van der Waals surface area contributed by atoms with E-state index in [0.29, 0.717) is 12.8 Å². The molecule has 0 heterocycles. The summed E-state index contributed by atoms with van der Waals surface area (Å²) < 4.78 is 22.9. The van der Waals surface area contributed by atoms with Crippen LogP contribution in [0.5, 0.6) is 0 Å². The summed E-state index contributed by atoms with van der Waals surface area (Å²) in [6.45, 7) is 3.75. The lowest BCUT2D eigenvalue weighted by atomic mass is 9.85. The lowest BCUT2D eigenvalue weighted by Gasteiger charge is -2.41. The Morgan fingerprint density at radius 1 is 0.600 bits per heavy atom. The number of hydrogen-bond acceptors (Lipinski definition) is 11. The number of nitrogens with one attached hydrogen (secondary N) is 1. The van der Waals surface area contributed by atoms with Crippen LogP contribution in [0.1, 0.15) is 200 Å². The third-order valence-corrected chi connectivity index (χ3v) is 12.6. The first-order valence-electron chi connectivity index (χ1n) is 23.9. The second-order valence-corrected chi connectivity index (χ2v) is 18.6. The molecule has 14 heteroatoms. The van der Waals surface area contributed by atoms with E-state index in [1.165, 1.54) is 128 Å². The van der Waals surface area contributed by atoms with Gasteiger partial charge in [-0.05, 0) is 25.7 Å². The van der Waals surface area contributed by atoms with Crippen molar-refractivity contribution >= 4 is 13.7 Å². The maximum Gasteiger partial charge on any atom is 0.472 e. The Hall–Kier alpha value is -1.22. The minimum atomic E-state index is -5.13. The SMILES string of the molecule is CCCCCCCC/C=C\C/C=C\C(O)CC(=O)NC(COP(=O)(O)OC1C(O)C(O)C(O)C(O)C1O)C(O)CCCCCCCCCCCCCCCCCCCCC. The Morgan fingerprint density at radius 2 is 1.02 bits per heavy atom. The number of rotatable bonds is 39. The number of allylic oxidation sites excluding steroid dienone is 3. The topological polar surface area (TPSA) is 226 Å². The molecule has 0 bridgehead atoms. The van der Waals surface area contributed by atoms with Gasteiger partial charge >= 0.3 is 7.82 Å². The van der Waals surface area contributed by atoms with E-state index in [1.54, 1.807) is 6.08 Å². The van der Waals surface area contributed by atoms with Crippen molar-refractivity contribution < 1.29 is 59.0 Å². The van der Waals surface area contributed by atoms with Gasteiger partial charge in [-0.3, -0.25) is 13.8 Å². The van der Waals surface area contributed by atoms with Gasteiger partial charge in [-0.2, -0.15) is 0 Å². The number of unbranched alkanes of at least 4 members (excludes halogenated alkanes) is 24. The number of hydrogen-bond donors (Lipinski definition) is 9. The van der Waals surface area contributed by atoms with Crippen LogP contribution < -0.4 is 5.32 Å². The molecule has 8 atom stereocenters. The number of carbonyl (C=O) groups is 1. The Balaban J connectivity index is 2.53. The number of phosphoric ester groups is 1. The number of carbonyl (C=O) groups excluding carboxylic acids is 1. The number of phosphoric acid groups is 1. The molecule has 1 fully saturated rings. The van der Waals surface area contributed by atoms with Crippen LogP contribution in [0.15, 0.2) is 24.3 Å². The molecule has 1 aliphatic rings. The molecule has 8 unspecified atom stereocenters. The van der Waals surface area contributed by atoms with Crippen LogP contribution in [-0.4, -0.2) is 108 Å². The van der Waals surface area contributed by atoms with E-state index >= 15 is 0 Å². The van der Waals surface area contributed by atoms with E-state index in [4.69, 9.17) is 9.05 Å². The average molecular weight is 878 g/mol. The maximum atomic E-state index is 13.0. The molecule has 1 saturated carbocycles. The van der Waals surface area contributed by atoms with Gasteiger partial charge in [0.2, 0.25) is 5.91 Å². The molecule has 0 aromatic carbocycles. The van der Waals surface area contributed by atoms with Gasteiger partial charge in [0.1, 0.15) is 36.6 Å². The zero-order valence-corrected chi connectivity index (χ0v) is 38.3. The van der Waals surface area contributed by atoms with Gasteiger partial charge in [-0.25, -0.2) is 4.57 Å². The van der Waals surface area contributed by atoms with Gasteiger partial charge in [0.15, 0.2) is 0 Å². The standard InChI is InChI=1S/C46H88NO12P/c1-3-5-7-9-11-13-15-16-17-18-19-20-21-22-24-26-28-30-32-34-39(49)38(36-58-60(56,57)59-46-44(54)42(52)41(51)43(53)45(46)55)47-40(50)35-37(48)33-31-29-27-25-23-14-12-10-8-6-4-2/h25,27,31,33,37-39,41-46,48-49,51-55H,3-24,26,28-30,32,34-36H2,1-2H3,(H,47,50)(H,56,57)/b27-25-,33-31-. The summed E-state index contributed by atoms with van der Waals surface area (Å²) in [4.78, 5) is 23.4. The largest absolute Gasteiger partial charge is 0.472 e. The molecule has 0 radical (unpaired) electrons. The van der Waals surface area contributed by atoms with Crippen LogP contribution in [0.25, 0.3) is 0 Å². The van der Waals surface area contributed by atoms with Crippen LogP contribution in [-0.2, 0) is 18.4 Å². The average Bonchev–Trinajstić information content (AvgIpc) is 3.22. The summed E-state index contributed by atoms with van der Waals surface area (Å²) >= 11 is 0. The van der Waals surface area contributed by atoms with Gasteiger partial charge in [0.05, 0.1) is 31.3 Å². The quantitative estimate of drug-likeness (QED) is 0.0163. The smallest absolute Gasteiger partial charge is 0.391 e. The van der Waals surface area contributed by atoms with Crippen molar-refractivity contribution in [3.63, 3.8) is 0 Å². The van der Waals surface area contributed by atoms with Crippen LogP contribution in [0, 0.1) is 0 Å². The second-order valence-electron chi connectivity index (χ2n) is 17.1. The predicted octanol–water partition coefficient (Wildman–Crippen LogP) is 7.98. The molecule has 0 aromatic heterocycles. The lowest BCUT2D eigenvalue weighted by molar-refractivity contribution is -0.220. The van der Waals surface area contributed by atoms with Gasteiger partial charge in [0.25, 0.3) is 0 Å². The van der Waals surface area contributed by atoms with Crippen molar-refractivity contribution in [2.75, 3.05) is 6.61 Å². The highest BCUT2D eigenvalue weighted by atomic mass is 31.2. The van der Waals surface area contributed by atoms with Gasteiger partial charge in [-0.1, -0.05) is 192 Å². The molecule has 0 saturated heterocycles. The van der Waals surface area contributed by atoms with E-state index in [9.17, 15) is 50.0 Å². The molecule has 0 spiro atoms. The molecule has 354 valence electrons. The fourth-order valence-electron chi connectivity index (χ4n) is 7.66. The third-order valence-electron chi connectivity index (χ3n) is 11.6. The zero-order valence-electron chi connectivity index (χ0n) is 37.4. The minimum Gasteiger partial charge on any atom is -0.391 e. The third kappa shape index (κ3) is 27.8. The molecule has 0 aliphatic heterocycles. The van der Waals surface area contributed by atoms with Crippen LogP contribution in [0.2, 0.25) is 0 Å². The number of aliphatic hydroxyl groups is 7. The molecule has 9 N–H and O–H groups in total. The van der Waals surface area contributed by atoms with Crippen molar-refractivity contribution in [2.45, 2.75) is 255 Å². The molecule has 1 rings (SSSR count). The van der Waals surface area contributed by atoms with E-state index in [2.05, 4.69) is 25.2 Å². The van der Waals surface area contributed by atoms with Crippen LogP contribution in [0.3, 0.4) is 0 Å². The molecule has 1 amide bonds. The monoisotopic (exact) mass is 878 g/mol. The van der Waals surface area contributed by atoms with Crippen LogP contribution >= 0.6 is 7.82 Å². The summed E-state index contributed by atoms with van der Waals surface area (Å²) in [5.41, 5.74) is 0. The molecular formula is C46H88NO12P. The van der Waals surface area contributed by atoms with Crippen molar-refractivity contribution in [1.29, 1.82) is 0 Å².